The zero-order chi connectivity index (χ0) is 14.8. The summed E-state index contributed by atoms with van der Waals surface area (Å²) in [6, 6.07) is 14.6. The van der Waals surface area contributed by atoms with Gasteiger partial charge in [-0.15, -0.1) is 0 Å². The van der Waals surface area contributed by atoms with Crippen LogP contribution >= 0.6 is 0 Å². The predicted molar refractivity (Wildman–Crippen MR) is 79.1 cm³/mol. The summed E-state index contributed by atoms with van der Waals surface area (Å²) < 4.78 is 32.8. The number of hydrogen-bond donors (Lipinski definition) is 1. The first-order valence-electron chi connectivity index (χ1n) is 6.50. The Kier molecular flexibility index (Phi) is 3.44. The molecule has 0 amide bonds. The summed E-state index contributed by atoms with van der Waals surface area (Å²) >= 11 is 0. The fraction of sp³-hybridized carbons (Fsp3) is 0.0588. The van der Waals surface area contributed by atoms with Crippen molar-refractivity contribution in [2.75, 3.05) is 5.73 Å². The van der Waals surface area contributed by atoms with Crippen LogP contribution in [0.4, 0.5) is 14.5 Å². The van der Waals surface area contributed by atoms with Crippen LogP contribution in [0.25, 0.3) is 10.8 Å². The van der Waals surface area contributed by atoms with E-state index in [1.165, 1.54) is 18.2 Å². The Morgan fingerprint density at radius 3 is 2.19 bits per heavy atom. The lowest BCUT2D eigenvalue weighted by Crippen LogP contribution is -2.02. The molecule has 4 heteroatoms. The number of benzene rings is 3. The molecule has 0 saturated heterocycles. The van der Waals surface area contributed by atoms with Gasteiger partial charge < -0.3 is 10.5 Å². The highest BCUT2D eigenvalue weighted by Crippen LogP contribution is 2.30. The van der Waals surface area contributed by atoms with Gasteiger partial charge in [0.25, 0.3) is 0 Å². The van der Waals surface area contributed by atoms with Crippen molar-refractivity contribution < 1.29 is 13.5 Å². The van der Waals surface area contributed by atoms with Gasteiger partial charge in [0.05, 0.1) is 5.56 Å². The van der Waals surface area contributed by atoms with E-state index in [9.17, 15) is 8.78 Å². The molecule has 0 bridgehead atoms. The largest absolute Gasteiger partial charge is 0.488 e. The predicted octanol–water partition coefficient (Wildman–Crippen LogP) is 4.28. The molecule has 0 unspecified atom stereocenters. The summed E-state index contributed by atoms with van der Waals surface area (Å²) in [4.78, 5) is 0. The molecular formula is C17H13F2NO. The van der Waals surface area contributed by atoms with Crippen LogP contribution < -0.4 is 10.5 Å². The monoisotopic (exact) mass is 285 g/mol. The molecule has 2 N–H and O–H groups in total. The summed E-state index contributed by atoms with van der Waals surface area (Å²) in [5.41, 5.74) is 6.45. The maximum Gasteiger partial charge on any atom is 0.132 e. The third-order valence-corrected chi connectivity index (χ3v) is 3.35. The summed E-state index contributed by atoms with van der Waals surface area (Å²) in [5.74, 6) is -0.688. The van der Waals surface area contributed by atoms with E-state index < -0.39 is 11.6 Å². The molecule has 21 heavy (non-hydrogen) atoms. The normalized spacial score (nSPS) is 10.8. The van der Waals surface area contributed by atoms with Gasteiger partial charge in [-0.1, -0.05) is 30.3 Å². The first-order chi connectivity index (χ1) is 10.2. The quantitative estimate of drug-likeness (QED) is 0.729. The number of halogens is 2. The highest BCUT2D eigenvalue weighted by molar-refractivity contribution is 5.96. The van der Waals surface area contributed by atoms with Gasteiger partial charge in [0, 0.05) is 16.5 Å². The number of nitrogen functional groups attached to an aromatic ring is 1. The molecule has 3 aromatic carbocycles. The minimum atomic E-state index is -0.616. The van der Waals surface area contributed by atoms with E-state index in [0.717, 1.165) is 10.8 Å². The topological polar surface area (TPSA) is 35.2 Å². The van der Waals surface area contributed by atoms with E-state index in [1.807, 2.05) is 24.3 Å². The Balaban J connectivity index is 1.94. The molecule has 0 radical (unpaired) electrons. The third kappa shape index (κ3) is 2.52. The molecule has 0 aromatic heterocycles. The number of anilines is 1. The Bertz CT molecular complexity index is 782. The van der Waals surface area contributed by atoms with Gasteiger partial charge in [-0.3, -0.25) is 0 Å². The summed E-state index contributed by atoms with van der Waals surface area (Å²) in [5, 5.41) is 1.67. The van der Waals surface area contributed by atoms with E-state index >= 15 is 0 Å². The van der Waals surface area contributed by atoms with Crippen LogP contribution in [-0.4, -0.2) is 0 Å². The van der Waals surface area contributed by atoms with Crippen LogP contribution in [0.2, 0.25) is 0 Å². The minimum absolute atomic E-state index is 0.0848. The van der Waals surface area contributed by atoms with Crippen molar-refractivity contribution in [2.24, 2.45) is 0 Å². The van der Waals surface area contributed by atoms with Crippen molar-refractivity contribution in [1.82, 2.24) is 0 Å². The zero-order valence-electron chi connectivity index (χ0n) is 11.1. The second kappa shape index (κ2) is 5.40. The highest BCUT2D eigenvalue weighted by Gasteiger charge is 2.10. The molecule has 0 aliphatic rings. The van der Waals surface area contributed by atoms with E-state index in [0.29, 0.717) is 11.4 Å². The maximum absolute atomic E-state index is 13.6. The highest BCUT2D eigenvalue weighted by atomic mass is 19.1. The summed E-state index contributed by atoms with van der Waals surface area (Å²) in [7, 11) is 0. The molecule has 0 fully saturated rings. The van der Waals surface area contributed by atoms with Gasteiger partial charge in [-0.25, -0.2) is 8.78 Å². The van der Waals surface area contributed by atoms with Crippen molar-refractivity contribution in [2.45, 2.75) is 6.61 Å². The number of fused-ring (bicyclic) bond motifs is 1. The molecule has 0 aliphatic heterocycles. The molecule has 2 nitrogen and oxygen atoms in total. The smallest absolute Gasteiger partial charge is 0.132 e. The van der Waals surface area contributed by atoms with Crippen LogP contribution in [0.3, 0.4) is 0 Å². The lowest BCUT2D eigenvalue weighted by atomic mass is 10.1. The second-order valence-electron chi connectivity index (χ2n) is 4.69. The fourth-order valence-electron chi connectivity index (χ4n) is 2.24. The number of ether oxygens (including phenoxy) is 1. The van der Waals surface area contributed by atoms with Crippen molar-refractivity contribution >= 4 is 16.5 Å². The molecule has 0 aliphatic carbocycles. The summed E-state index contributed by atoms with van der Waals surface area (Å²) in [6.07, 6.45) is 0. The van der Waals surface area contributed by atoms with Gasteiger partial charge in [0.15, 0.2) is 0 Å². The maximum atomic E-state index is 13.6. The second-order valence-corrected chi connectivity index (χ2v) is 4.69. The van der Waals surface area contributed by atoms with E-state index in [4.69, 9.17) is 10.5 Å². The number of nitrogens with two attached hydrogens (primary N) is 1. The Labute approximate surface area is 120 Å². The van der Waals surface area contributed by atoms with E-state index in [1.54, 1.807) is 12.1 Å². The van der Waals surface area contributed by atoms with Crippen LogP contribution in [0.1, 0.15) is 5.56 Å². The van der Waals surface area contributed by atoms with Gasteiger partial charge in [-0.05, 0) is 24.3 Å². The average Bonchev–Trinajstić information content (AvgIpc) is 2.49. The molecule has 106 valence electrons. The average molecular weight is 285 g/mol. The van der Waals surface area contributed by atoms with E-state index in [2.05, 4.69) is 0 Å². The third-order valence-electron chi connectivity index (χ3n) is 3.35. The van der Waals surface area contributed by atoms with Gasteiger partial charge in [0.1, 0.15) is 24.0 Å². The number of hydrogen-bond acceptors (Lipinski definition) is 2. The first kappa shape index (κ1) is 13.4. The van der Waals surface area contributed by atoms with Gasteiger partial charge in [-0.2, -0.15) is 0 Å². The van der Waals surface area contributed by atoms with Gasteiger partial charge in [0.2, 0.25) is 0 Å². The van der Waals surface area contributed by atoms with Crippen molar-refractivity contribution in [3.8, 4) is 5.75 Å². The first-order valence-corrected chi connectivity index (χ1v) is 6.50. The molecule has 3 rings (SSSR count). The van der Waals surface area contributed by atoms with Crippen LogP contribution in [0.5, 0.6) is 5.75 Å². The van der Waals surface area contributed by atoms with Gasteiger partial charge >= 0.3 is 0 Å². The SMILES string of the molecule is Nc1ccc(OCc2c(F)cccc2F)c2ccccc12. The Hall–Kier alpha value is -2.62. The van der Waals surface area contributed by atoms with E-state index in [-0.39, 0.29) is 12.2 Å². The fourth-order valence-corrected chi connectivity index (χ4v) is 2.24. The molecular weight excluding hydrogens is 272 g/mol. The minimum Gasteiger partial charge on any atom is -0.488 e. The van der Waals surface area contributed by atoms with Crippen LogP contribution in [0.15, 0.2) is 54.6 Å². The van der Waals surface area contributed by atoms with Crippen LogP contribution in [0, 0.1) is 11.6 Å². The lowest BCUT2D eigenvalue weighted by molar-refractivity contribution is 0.296. The lowest BCUT2D eigenvalue weighted by Gasteiger charge is -2.11. The number of rotatable bonds is 3. The zero-order valence-corrected chi connectivity index (χ0v) is 11.1. The molecule has 0 atom stereocenters. The van der Waals surface area contributed by atoms with Crippen molar-refractivity contribution in [3.05, 3.63) is 71.8 Å². The van der Waals surface area contributed by atoms with Crippen molar-refractivity contribution in [3.63, 3.8) is 0 Å². The molecule has 0 heterocycles. The Morgan fingerprint density at radius 1 is 0.810 bits per heavy atom. The Morgan fingerprint density at radius 2 is 1.48 bits per heavy atom. The molecule has 0 saturated carbocycles. The summed E-state index contributed by atoms with van der Waals surface area (Å²) in [6.45, 7) is -0.174. The standard InChI is InChI=1S/C17H13F2NO/c18-14-6-3-7-15(19)13(14)10-21-17-9-8-16(20)11-4-1-2-5-12(11)17/h1-9H,10,20H2. The van der Waals surface area contributed by atoms with Crippen LogP contribution in [-0.2, 0) is 6.61 Å². The van der Waals surface area contributed by atoms with Crippen molar-refractivity contribution in [1.29, 1.82) is 0 Å². The molecule has 0 spiro atoms. The molecule has 3 aromatic rings.